The molecule has 0 aliphatic carbocycles. The van der Waals surface area contributed by atoms with Crippen LogP contribution in [0.2, 0.25) is 0 Å². The number of amides is 1. The summed E-state index contributed by atoms with van der Waals surface area (Å²) in [6, 6.07) is 9.23. The molecule has 3 atom stereocenters. The van der Waals surface area contributed by atoms with E-state index in [9.17, 15) is 49.2 Å². The van der Waals surface area contributed by atoms with Crippen molar-refractivity contribution in [1.82, 2.24) is 10.6 Å². The molecule has 0 fully saturated rings. The number of carbonyl (C=O) groups is 1. The molecule has 3 aromatic carbocycles. The molecule has 0 heterocycles. The molecule has 0 saturated heterocycles. The molecule has 3 rings (SSSR count). The summed E-state index contributed by atoms with van der Waals surface area (Å²) >= 11 is 0. The molecule has 236 valence electrons. The van der Waals surface area contributed by atoms with Crippen LogP contribution in [0.3, 0.4) is 0 Å². The fourth-order valence-corrected chi connectivity index (χ4v) is 5.02. The summed E-state index contributed by atoms with van der Waals surface area (Å²) in [5.41, 5.74) is -0.683. The Bertz CT molecular complexity index is 1610. The lowest BCUT2D eigenvalue weighted by Crippen LogP contribution is -2.53. The highest BCUT2D eigenvalue weighted by molar-refractivity contribution is 7.90. The molecular weight excluding hydrogens is 615 g/mol. The Kier molecular flexibility index (Phi) is 10.5. The van der Waals surface area contributed by atoms with Crippen molar-refractivity contribution in [1.29, 1.82) is 5.26 Å². The molecular formula is C30H28F7N3O3S. The van der Waals surface area contributed by atoms with E-state index in [-0.39, 0.29) is 22.1 Å². The fourth-order valence-electron chi connectivity index (χ4n) is 4.39. The van der Waals surface area contributed by atoms with Gasteiger partial charge in [0.05, 0.1) is 22.6 Å². The van der Waals surface area contributed by atoms with Crippen molar-refractivity contribution >= 4 is 15.7 Å². The maximum atomic E-state index is 14.3. The molecule has 0 radical (unpaired) electrons. The van der Waals surface area contributed by atoms with Gasteiger partial charge in [-0.25, -0.2) is 12.8 Å². The number of rotatable bonds is 10. The summed E-state index contributed by atoms with van der Waals surface area (Å²) in [5.74, 6) is -2.95. The number of benzene rings is 3. The van der Waals surface area contributed by atoms with E-state index in [0.29, 0.717) is 17.2 Å². The Morgan fingerprint density at radius 3 is 1.89 bits per heavy atom. The number of nitrogens with zero attached hydrogens (tertiary/aromatic N) is 1. The molecule has 6 nitrogen and oxygen atoms in total. The molecule has 0 aromatic heterocycles. The zero-order valence-electron chi connectivity index (χ0n) is 23.6. The molecule has 0 aliphatic rings. The highest BCUT2D eigenvalue weighted by Gasteiger charge is 2.43. The van der Waals surface area contributed by atoms with Crippen LogP contribution in [-0.2, 0) is 27.2 Å². The molecule has 14 heteroatoms. The maximum absolute atomic E-state index is 14.3. The van der Waals surface area contributed by atoms with Crippen molar-refractivity contribution in [2.24, 2.45) is 5.92 Å². The van der Waals surface area contributed by atoms with E-state index in [1.54, 1.807) is 6.07 Å². The van der Waals surface area contributed by atoms with Crippen LogP contribution < -0.4 is 10.6 Å². The second-order valence-electron chi connectivity index (χ2n) is 10.5. The summed E-state index contributed by atoms with van der Waals surface area (Å²) in [6.07, 6.45) is -9.12. The first-order valence-electron chi connectivity index (χ1n) is 13.1. The van der Waals surface area contributed by atoms with E-state index in [4.69, 9.17) is 0 Å². The molecule has 0 aliphatic heterocycles. The first-order valence-corrected chi connectivity index (χ1v) is 15.0. The van der Waals surface area contributed by atoms with Crippen molar-refractivity contribution < 1.29 is 43.9 Å². The van der Waals surface area contributed by atoms with E-state index < -0.39 is 69.9 Å². The zero-order valence-corrected chi connectivity index (χ0v) is 24.4. The van der Waals surface area contributed by atoms with Crippen LogP contribution in [0, 0.1) is 23.1 Å². The van der Waals surface area contributed by atoms with Crippen molar-refractivity contribution in [2.45, 2.75) is 55.6 Å². The van der Waals surface area contributed by atoms with Crippen LogP contribution in [0.1, 0.15) is 36.6 Å². The maximum Gasteiger partial charge on any atom is 0.416 e. The smallest absolute Gasteiger partial charge is 0.339 e. The van der Waals surface area contributed by atoms with Gasteiger partial charge in [0.1, 0.15) is 17.9 Å². The topological polar surface area (TPSA) is 99.1 Å². The lowest BCUT2D eigenvalue weighted by Gasteiger charge is -2.30. The largest absolute Gasteiger partial charge is 0.416 e. The summed E-state index contributed by atoms with van der Waals surface area (Å²) < 4.78 is 119. The number of nitrogens with one attached hydrogen (secondary N) is 2. The Balaban J connectivity index is 1.80. The van der Waals surface area contributed by atoms with Crippen LogP contribution in [0.25, 0.3) is 11.1 Å². The summed E-state index contributed by atoms with van der Waals surface area (Å²) in [4.78, 5) is 13.2. The number of alkyl halides is 6. The standard InChI is InChI=1S/C30H28F7N3O3S/c1-17(2)26(28(41)39-23(16-38)14-21-8-11-22(15-25(21)31)29(32,33)34)40-27(30(35,36)37)20-6-4-18(5-7-20)19-9-12-24(13-10-19)44(3,42)43/h4-13,15,17,23,26-27,40H,14H2,1-3H3,(H,39,41)/t23?,26-,27-/m0/s1. The predicted molar refractivity (Wildman–Crippen MR) is 148 cm³/mol. The number of hydrogen-bond donors (Lipinski definition) is 2. The summed E-state index contributed by atoms with van der Waals surface area (Å²) in [6.45, 7) is 2.95. The SMILES string of the molecule is CC(C)[C@H](N[C@@H](c1ccc(-c2ccc(S(C)(=O)=O)cc2)cc1)C(F)(F)F)C(=O)NC(C#N)Cc1ccc(C(F)(F)F)cc1F. The number of hydrogen-bond acceptors (Lipinski definition) is 5. The second kappa shape index (κ2) is 13.4. The van der Waals surface area contributed by atoms with Gasteiger partial charge in [0, 0.05) is 12.7 Å². The Morgan fingerprint density at radius 1 is 0.909 bits per heavy atom. The van der Waals surface area contributed by atoms with Gasteiger partial charge in [-0.2, -0.15) is 31.6 Å². The molecule has 1 unspecified atom stereocenters. The van der Waals surface area contributed by atoms with Gasteiger partial charge in [-0.3, -0.25) is 10.1 Å². The third-order valence-corrected chi connectivity index (χ3v) is 7.89. The Morgan fingerprint density at radius 2 is 1.45 bits per heavy atom. The van der Waals surface area contributed by atoms with Crippen LogP contribution in [0.4, 0.5) is 30.7 Å². The fraction of sp³-hybridized carbons (Fsp3) is 0.333. The van der Waals surface area contributed by atoms with Gasteiger partial charge in [0.15, 0.2) is 9.84 Å². The first kappa shape index (κ1) is 34.5. The van der Waals surface area contributed by atoms with Crippen molar-refractivity contribution in [2.75, 3.05) is 6.26 Å². The van der Waals surface area contributed by atoms with Gasteiger partial charge in [-0.1, -0.05) is 56.3 Å². The van der Waals surface area contributed by atoms with E-state index in [0.717, 1.165) is 12.3 Å². The highest BCUT2D eigenvalue weighted by atomic mass is 32.2. The highest BCUT2D eigenvalue weighted by Crippen LogP contribution is 2.35. The average Bonchev–Trinajstić information content (AvgIpc) is 2.92. The summed E-state index contributed by atoms with van der Waals surface area (Å²) in [7, 11) is -3.43. The monoisotopic (exact) mass is 643 g/mol. The average molecular weight is 644 g/mol. The van der Waals surface area contributed by atoms with E-state index in [1.165, 1.54) is 62.4 Å². The molecule has 0 bridgehead atoms. The number of halogens is 7. The Hall–Kier alpha value is -3.96. The quantitative estimate of drug-likeness (QED) is 0.250. The van der Waals surface area contributed by atoms with Crippen molar-refractivity contribution in [3.05, 3.63) is 89.2 Å². The van der Waals surface area contributed by atoms with Crippen molar-refractivity contribution in [3.8, 4) is 17.2 Å². The lowest BCUT2D eigenvalue weighted by molar-refractivity contribution is -0.161. The van der Waals surface area contributed by atoms with E-state index in [1.807, 2.05) is 0 Å². The number of sulfone groups is 1. The van der Waals surface area contributed by atoms with E-state index >= 15 is 0 Å². The van der Waals surface area contributed by atoms with Gasteiger partial charge in [-0.05, 0) is 52.4 Å². The molecule has 44 heavy (non-hydrogen) atoms. The molecule has 2 N–H and O–H groups in total. The van der Waals surface area contributed by atoms with E-state index in [2.05, 4.69) is 10.6 Å². The summed E-state index contributed by atoms with van der Waals surface area (Å²) in [5, 5.41) is 14.1. The molecule has 0 saturated carbocycles. The zero-order chi connectivity index (χ0) is 33.0. The van der Waals surface area contributed by atoms with Crippen LogP contribution in [0.15, 0.2) is 71.6 Å². The number of nitriles is 1. The van der Waals surface area contributed by atoms with Gasteiger partial charge in [-0.15, -0.1) is 0 Å². The van der Waals surface area contributed by atoms with Crippen molar-refractivity contribution in [3.63, 3.8) is 0 Å². The third kappa shape index (κ3) is 8.79. The van der Waals surface area contributed by atoms with Gasteiger partial charge in [0.25, 0.3) is 0 Å². The van der Waals surface area contributed by atoms with Crippen LogP contribution in [-0.4, -0.2) is 38.8 Å². The van der Waals surface area contributed by atoms with Gasteiger partial charge < -0.3 is 5.32 Å². The molecule has 0 spiro atoms. The lowest BCUT2D eigenvalue weighted by atomic mass is 9.97. The minimum atomic E-state index is -4.86. The minimum Gasteiger partial charge on any atom is -0.339 e. The van der Waals surface area contributed by atoms with Gasteiger partial charge in [0.2, 0.25) is 5.91 Å². The number of carbonyl (C=O) groups excluding carboxylic acids is 1. The molecule has 1 amide bonds. The first-order chi connectivity index (χ1) is 20.3. The second-order valence-corrected chi connectivity index (χ2v) is 12.5. The Labute approximate surface area is 249 Å². The molecule has 3 aromatic rings. The third-order valence-electron chi connectivity index (χ3n) is 6.76. The minimum absolute atomic E-state index is 0.0836. The predicted octanol–water partition coefficient (Wildman–Crippen LogP) is 6.38. The normalized spacial score (nSPS) is 14.5. The van der Waals surface area contributed by atoms with Gasteiger partial charge >= 0.3 is 12.4 Å². The van der Waals surface area contributed by atoms with Crippen LogP contribution in [0.5, 0.6) is 0 Å². The van der Waals surface area contributed by atoms with Crippen LogP contribution >= 0.6 is 0 Å².